The predicted octanol–water partition coefficient (Wildman–Crippen LogP) is 3.28. The van der Waals surface area contributed by atoms with Crippen LogP contribution in [0.3, 0.4) is 0 Å². The van der Waals surface area contributed by atoms with Gasteiger partial charge in [0.25, 0.3) is 5.91 Å². The van der Waals surface area contributed by atoms with E-state index in [1.165, 1.54) is 0 Å². The second-order valence-electron chi connectivity index (χ2n) is 5.50. The molecular weight excluding hydrogens is 324 g/mol. The number of nitrogens with zero attached hydrogens (tertiary/aromatic N) is 1. The Kier molecular flexibility index (Phi) is 3.46. The molecule has 1 N–H and O–H groups in total. The third kappa shape index (κ3) is 2.32. The van der Waals surface area contributed by atoms with E-state index in [4.69, 9.17) is 4.42 Å². The van der Waals surface area contributed by atoms with Crippen molar-refractivity contribution in [3.63, 3.8) is 0 Å². The van der Waals surface area contributed by atoms with Gasteiger partial charge in [0.1, 0.15) is 11.3 Å². The largest absolute Gasteiger partial charge is 0.422 e. The standard InChI is InChI=1S/C18H14N2O3S/c1-20-14(17(21)19-10-11-5-4-8-24-11)9-13-16(20)12-6-2-3-7-15(12)23-18(13)22/h2-9H,10H2,1H3,(H,19,21). The number of fused-ring (bicyclic) bond motifs is 3. The summed E-state index contributed by atoms with van der Waals surface area (Å²) in [5, 5.41) is 6.08. The molecule has 5 nitrogen and oxygen atoms in total. The van der Waals surface area contributed by atoms with Crippen LogP contribution in [0.4, 0.5) is 0 Å². The van der Waals surface area contributed by atoms with Crippen LogP contribution in [-0.4, -0.2) is 10.5 Å². The zero-order valence-corrected chi connectivity index (χ0v) is 13.7. The predicted molar refractivity (Wildman–Crippen MR) is 94.5 cm³/mol. The molecule has 0 saturated carbocycles. The number of aryl methyl sites for hydroxylation is 1. The summed E-state index contributed by atoms with van der Waals surface area (Å²) in [7, 11) is 1.79. The molecule has 0 unspecified atom stereocenters. The van der Waals surface area contributed by atoms with Gasteiger partial charge < -0.3 is 14.3 Å². The summed E-state index contributed by atoms with van der Waals surface area (Å²) >= 11 is 1.59. The Morgan fingerprint density at radius 1 is 1.21 bits per heavy atom. The van der Waals surface area contributed by atoms with E-state index in [-0.39, 0.29) is 5.91 Å². The van der Waals surface area contributed by atoms with Crippen LogP contribution in [0.25, 0.3) is 21.9 Å². The van der Waals surface area contributed by atoms with Gasteiger partial charge in [-0.1, -0.05) is 18.2 Å². The van der Waals surface area contributed by atoms with Crippen molar-refractivity contribution in [2.45, 2.75) is 6.54 Å². The average molecular weight is 338 g/mol. The molecule has 6 heteroatoms. The fourth-order valence-electron chi connectivity index (χ4n) is 2.88. The molecule has 1 amide bonds. The lowest BCUT2D eigenvalue weighted by molar-refractivity contribution is 0.0943. The molecule has 1 aromatic carbocycles. The highest BCUT2D eigenvalue weighted by Crippen LogP contribution is 2.25. The maximum absolute atomic E-state index is 12.5. The second-order valence-corrected chi connectivity index (χ2v) is 6.53. The van der Waals surface area contributed by atoms with Gasteiger partial charge in [-0.2, -0.15) is 0 Å². The van der Waals surface area contributed by atoms with Crippen LogP contribution >= 0.6 is 11.3 Å². The lowest BCUT2D eigenvalue weighted by Gasteiger charge is -2.06. The molecule has 0 radical (unpaired) electrons. The Hall–Kier alpha value is -2.86. The monoisotopic (exact) mass is 338 g/mol. The van der Waals surface area contributed by atoms with Crippen LogP contribution in [-0.2, 0) is 13.6 Å². The molecule has 0 atom stereocenters. The Balaban J connectivity index is 1.80. The van der Waals surface area contributed by atoms with Crippen molar-refractivity contribution in [3.8, 4) is 0 Å². The topological polar surface area (TPSA) is 64.2 Å². The lowest BCUT2D eigenvalue weighted by Crippen LogP contribution is -2.24. The summed E-state index contributed by atoms with van der Waals surface area (Å²) in [6.07, 6.45) is 0. The van der Waals surface area contributed by atoms with E-state index in [1.54, 1.807) is 35.1 Å². The van der Waals surface area contributed by atoms with Crippen molar-refractivity contribution < 1.29 is 9.21 Å². The number of hydrogen-bond donors (Lipinski definition) is 1. The fourth-order valence-corrected chi connectivity index (χ4v) is 3.52. The highest BCUT2D eigenvalue weighted by atomic mass is 32.1. The molecule has 0 saturated heterocycles. The van der Waals surface area contributed by atoms with E-state index in [1.807, 2.05) is 35.7 Å². The first-order chi connectivity index (χ1) is 11.6. The van der Waals surface area contributed by atoms with Crippen molar-refractivity contribution >= 4 is 39.1 Å². The van der Waals surface area contributed by atoms with E-state index in [0.717, 1.165) is 10.3 Å². The summed E-state index contributed by atoms with van der Waals surface area (Å²) in [6, 6.07) is 12.8. The molecule has 0 bridgehead atoms. The van der Waals surface area contributed by atoms with Crippen molar-refractivity contribution in [2.75, 3.05) is 0 Å². The molecule has 0 aliphatic carbocycles. The highest BCUT2D eigenvalue weighted by Gasteiger charge is 2.18. The Labute approximate surface area is 141 Å². The zero-order chi connectivity index (χ0) is 16.7. The van der Waals surface area contributed by atoms with Crippen molar-refractivity contribution in [1.29, 1.82) is 0 Å². The van der Waals surface area contributed by atoms with Crippen LogP contribution in [0.15, 0.2) is 57.1 Å². The average Bonchev–Trinajstić information content (AvgIpc) is 3.21. The zero-order valence-electron chi connectivity index (χ0n) is 12.9. The van der Waals surface area contributed by atoms with Crippen molar-refractivity contribution in [1.82, 2.24) is 9.88 Å². The SMILES string of the molecule is Cn1c(C(=O)NCc2cccs2)cc2c(=O)oc3ccccc3c21. The highest BCUT2D eigenvalue weighted by molar-refractivity contribution is 7.09. The first-order valence-electron chi connectivity index (χ1n) is 7.47. The van der Waals surface area contributed by atoms with Gasteiger partial charge in [0, 0.05) is 17.3 Å². The van der Waals surface area contributed by atoms with Crippen LogP contribution in [0.2, 0.25) is 0 Å². The number of aromatic nitrogens is 1. The summed E-state index contributed by atoms with van der Waals surface area (Å²) in [5.74, 6) is -0.217. The Bertz CT molecular complexity index is 1110. The minimum Gasteiger partial charge on any atom is -0.422 e. The molecule has 0 spiro atoms. The number of benzene rings is 1. The molecule has 3 aromatic heterocycles. The number of thiophene rings is 1. The van der Waals surface area contributed by atoms with Gasteiger partial charge in [-0.15, -0.1) is 11.3 Å². The number of para-hydroxylation sites is 1. The number of amides is 1. The van der Waals surface area contributed by atoms with E-state index < -0.39 is 5.63 Å². The van der Waals surface area contributed by atoms with E-state index in [0.29, 0.717) is 28.7 Å². The fraction of sp³-hybridized carbons (Fsp3) is 0.111. The molecule has 0 fully saturated rings. The third-order valence-corrected chi connectivity index (χ3v) is 4.91. The number of carbonyl (C=O) groups excluding carboxylic acids is 1. The first kappa shape index (κ1) is 14.7. The van der Waals surface area contributed by atoms with Gasteiger partial charge >= 0.3 is 5.63 Å². The molecule has 120 valence electrons. The lowest BCUT2D eigenvalue weighted by atomic mass is 10.2. The minimum atomic E-state index is -0.434. The van der Waals surface area contributed by atoms with Crippen LogP contribution in [0, 0.1) is 0 Å². The number of carbonyl (C=O) groups is 1. The smallest absolute Gasteiger partial charge is 0.345 e. The molecule has 24 heavy (non-hydrogen) atoms. The van der Waals surface area contributed by atoms with E-state index in [2.05, 4.69) is 5.32 Å². The molecule has 4 rings (SSSR count). The van der Waals surface area contributed by atoms with E-state index >= 15 is 0 Å². The normalized spacial score (nSPS) is 11.2. The van der Waals surface area contributed by atoms with Gasteiger partial charge in [-0.05, 0) is 29.6 Å². The van der Waals surface area contributed by atoms with E-state index in [9.17, 15) is 9.59 Å². The van der Waals surface area contributed by atoms with Gasteiger partial charge in [0.2, 0.25) is 0 Å². The minimum absolute atomic E-state index is 0.217. The molecular formula is C18H14N2O3S. The molecule has 0 aliphatic rings. The molecule has 3 heterocycles. The summed E-state index contributed by atoms with van der Waals surface area (Å²) in [6.45, 7) is 0.466. The number of hydrogen-bond acceptors (Lipinski definition) is 4. The molecule has 4 aromatic rings. The Morgan fingerprint density at radius 2 is 2.04 bits per heavy atom. The maximum atomic E-state index is 12.5. The van der Waals surface area contributed by atoms with Crippen LogP contribution in [0.5, 0.6) is 0 Å². The Morgan fingerprint density at radius 3 is 2.83 bits per heavy atom. The summed E-state index contributed by atoms with van der Waals surface area (Å²) in [5.41, 5.74) is 1.23. The number of nitrogens with one attached hydrogen (secondary N) is 1. The van der Waals surface area contributed by atoms with Gasteiger partial charge in [0.05, 0.1) is 17.4 Å². The molecule has 0 aliphatic heterocycles. The van der Waals surface area contributed by atoms with Gasteiger partial charge in [0.15, 0.2) is 0 Å². The first-order valence-corrected chi connectivity index (χ1v) is 8.35. The quantitative estimate of drug-likeness (QED) is 0.583. The summed E-state index contributed by atoms with van der Waals surface area (Å²) < 4.78 is 7.09. The second kappa shape index (κ2) is 5.65. The third-order valence-electron chi connectivity index (χ3n) is 4.03. The van der Waals surface area contributed by atoms with Gasteiger partial charge in [-0.3, -0.25) is 4.79 Å². The van der Waals surface area contributed by atoms with Gasteiger partial charge in [-0.25, -0.2) is 4.79 Å². The number of rotatable bonds is 3. The van der Waals surface area contributed by atoms with Crippen molar-refractivity contribution in [2.24, 2.45) is 7.05 Å². The maximum Gasteiger partial charge on any atom is 0.345 e. The summed E-state index contributed by atoms with van der Waals surface area (Å²) in [4.78, 5) is 25.8. The van der Waals surface area contributed by atoms with Crippen LogP contribution in [0.1, 0.15) is 15.4 Å². The van der Waals surface area contributed by atoms with Crippen molar-refractivity contribution in [3.05, 3.63) is 68.8 Å². The van der Waals surface area contributed by atoms with Crippen LogP contribution < -0.4 is 10.9 Å².